The van der Waals surface area contributed by atoms with E-state index in [0.29, 0.717) is 17.0 Å². The van der Waals surface area contributed by atoms with E-state index in [9.17, 15) is 12.3 Å². The number of halogens is 1. The average Bonchev–Trinajstić information content (AvgIpc) is 2.01. The number of ether oxygens (including phenoxy) is 1. The Bertz CT molecular complexity index is 430. The van der Waals surface area contributed by atoms with Gasteiger partial charge in [0, 0.05) is 11.8 Å². The van der Waals surface area contributed by atoms with Crippen LogP contribution in [-0.4, -0.2) is 20.5 Å². The third-order valence-electron chi connectivity index (χ3n) is 1.62. The van der Waals surface area contributed by atoms with Gasteiger partial charge in [-0.05, 0) is 18.6 Å². The molecular weight excluding hydrogens is 209 g/mol. The lowest BCUT2D eigenvalue weighted by Gasteiger charge is -2.04. The molecule has 78 valence electrons. The third kappa shape index (κ3) is 2.95. The molecule has 0 bridgehead atoms. The Morgan fingerprint density at radius 3 is 2.64 bits per heavy atom. The number of methoxy groups -OCH3 is 1. The van der Waals surface area contributed by atoms with Crippen molar-refractivity contribution in [3.8, 4) is 5.88 Å². The van der Waals surface area contributed by atoms with Crippen molar-refractivity contribution in [3.63, 3.8) is 0 Å². The van der Waals surface area contributed by atoms with Gasteiger partial charge in [-0.25, -0.2) is 4.98 Å². The molecule has 0 aromatic carbocycles. The molecule has 0 aliphatic carbocycles. The summed E-state index contributed by atoms with van der Waals surface area (Å²) >= 11 is 0. The van der Waals surface area contributed by atoms with Crippen molar-refractivity contribution in [3.05, 3.63) is 23.4 Å². The second kappa shape index (κ2) is 3.91. The van der Waals surface area contributed by atoms with Crippen molar-refractivity contribution >= 4 is 10.2 Å². The number of nitrogens with zero attached hydrogens (tertiary/aromatic N) is 1. The average molecular weight is 219 g/mol. The van der Waals surface area contributed by atoms with Crippen LogP contribution in [0.15, 0.2) is 12.3 Å². The summed E-state index contributed by atoms with van der Waals surface area (Å²) in [4.78, 5) is 3.83. The van der Waals surface area contributed by atoms with Gasteiger partial charge in [0.2, 0.25) is 5.88 Å². The van der Waals surface area contributed by atoms with Crippen LogP contribution < -0.4 is 4.74 Å². The van der Waals surface area contributed by atoms with Crippen LogP contribution >= 0.6 is 0 Å². The van der Waals surface area contributed by atoms with E-state index in [-0.39, 0.29) is 0 Å². The van der Waals surface area contributed by atoms with Gasteiger partial charge in [0.05, 0.1) is 7.11 Å². The molecule has 0 N–H and O–H groups in total. The quantitative estimate of drug-likeness (QED) is 0.717. The maximum absolute atomic E-state index is 12.3. The first-order chi connectivity index (χ1) is 6.42. The number of hydrogen-bond acceptors (Lipinski definition) is 4. The standard InChI is InChI=1S/C8H10FNO3S/c1-6-3-7(5-14(9,11)12)4-10-8(6)13-2/h3-4H,5H2,1-2H3. The van der Waals surface area contributed by atoms with E-state index < -0.39 is 16.0 Å². The van der Waals surface area contributed by atoms with Gasteiger partial charge in [-0.1, -0.05) is 0 Å². The minimum Gasteiger partial charge on any atom is -0.481 e. The maximum atomic E-state index is 12.3. The highest BCUT2D eigenvalue weighted by molar-refractivity contribution is 7.85. The molecule has 0 spiro atoms. The van der Waals surface area contributed by atoms with Crippen molar-refractivity contribution in [2.45, 2.75) is 12.7 Å². The summed E-state index contributed by atoms with van der Waals surface area (Å²) in [7, 11) is -3.04. The zero-order chi connectivity index (χ0) is 10.8. The molecule has 0 unspecified atom stereocenters. The normalized spacial score (nSPS) is 11.4. The number of aromatic nitrogens is 1. The zero-order valence-corrected chi connectivity index (χ0v) is 8.64. The second-order valence-electron chi connectivity index (χ2n) is 2.85. The van der Waals surface area contributed by atoms with Crippen molar-refractivity contribution in [1.82, 2.24) is 4.98 Å². The molecule has 0 amide bonds. The molecular formula is C8H10FNO3S. The molecule has 0 saturated heterocycles. The minimum atomic E-state index is -4.49. The number of pyridine rings is 1. The van der Waals surface area contributed by atoms with Gasteiger partial charge in [-0.2, -0.15) is 8.42 Å². The summed E-state index contributed by atoms with van der Waals surface area (Å²) in [6.45, 7) is 1.71. The van der Waals surface area contributed by atoms with Crippen molar-refractivity contribution in [2.24, 2.45) is 0 Å². The summed E-state index contributed by atoms with van der Waals surface area (Å²) in [5.74, 6) is -0.241. The smallest absolute Gasteiger partial charge is 0.306 e. The Kier molecular flexibility index (Phi) is 3.05. The van der Waals surface area contributed by atoms with Gasteiger partial charge < -0.3 is 4.74 Å². The first-order valence-electron chi connectivity index (χ1n) is 3.84. The highest BCUT2D eigenvalue weighted by Gasteiger charge is 2.10. The first kappa shape index (κ1) is 10.9. The Balaban J connectivity index is 2.98. The molecule has 0 aliphatic rings. The predicted molar refractivity (Wildman–Crippen MR) is 49.3 cm³/mol. The van der Waals surface area contributed by atoms with Gasteiger partial charge in [-0.15, -0.1) is 3.89 Å². The SMILES string of the molecule is COc1ncc(CS(=O)(=O)F)cc1C. The van der Waals surface area contributed by atoms with Crippen LogP contribution in [0.4, 0.5) is 3.89 Å². The number of hydrogen-bond donors (Lipinski definition) is 0. The lowest BCUT2D eigenvalue weighted by atomic mass is 10.2. The topological polar surface area (TPSA) is 56.3 Å². The monoisotopic (exact) mass is 219 g/mol. The Hall–Kier alpha value is -1.17. The van der Waals surface area contributed by atoms with E-state index in [1.54, 1.807) is 6.92 Å². The van der Waals surface area contributed by atoms with Crippen LogP contribution in [0.1, 0.15) is 11.1 Å². The van der Waals surface area contributed by atoms with Crippen LogP contribution in [0.3, 0.4) is 0 Å². The number of rotatable bonds is 3. The highest BCUT2D eigenvalue weighted by Crippen LogP contribution is 2.16. The van der Waals surface area contributed by atoms with E-state index in [0.717, 1.165) is 0 Å². The summed E-state index contributed by atoms with van der Waals surface area (Å²) in [6.07, 6.45) is 1.28. The molecule has 14 heavy (non-hydrogen) atoms. The van der Waals surface area contributed by atoms with Crippen molar-refractivity contribution in [2.75, 3.05) is 7.11 Å². The molecule has 0 aliphatic heterocycles. The third-order valence-corrected chi connectivity index (χ3v) is 2.30. The fourth-order valence-corrected chi connectivity index (χ4v) is 1.67. The largest absolute Gasteiger partial charge is 0.481 e. The molecule has 1 aromatic heterocycles. The molecule has 1 aromatic rings. The molecule has 0 radical (unpaired) electrons. The first-order valence-corrected chi connectivity index (χ1v) is 5.39. The molecule has 1 heterocycles. The van der Waals surface area contributed by atoms with Gasteiger partial charge in [0.15, 0.2) is 0 Å². The fourth-order valence-electron chi connectivity index (χ4n) is 1.11. The maximum Gasteiger partial charge on any atom is 0.306 e. The summed E-state index contributed by atoms with van der Waals surface area (Å²) in [5.41, 5.74) is 0.986. The van der Waals surface area contributed by atoms with E-state index in [2.05, 4.69) is 4.98 Å². The molecule has 0 atom stereocenters. The van der Waals surface area contributed by atoms with E-state index in [4.69, 9.17) is 4.74 Å². The number of aryl methyl sites for hydroxylation is 1. The molecule has 4 nitrogen and oxygen atoms in total. The predicted octanol–water partition coefficient (Wildman–Crippen LogP) is 1.20. The molecule has 0 fully saturated rings. The van der Waals surface area contributed by atoms with Crippen LogP contribution in [0.25, 0.3) is 0 Å². The Labute approximate surface area is 81.9 Å². The van der Waals surface area contributed by atoms with E-state index in [1.807, 2.05) is 0 Å². The van der Waals surface area contributed by atoms with Crippen LogP contribution in [0.2, 0.25) is 0 Å². The lowest BCUT2D eigenvalue weighted by Crippen LogP contribution is -1.99. The molecule has 6 heteroatoms. The molecule has 1 rings (SSSR count). The van der Waals surface area contributed by atoms with Gasteiger partial charge in [0.1, 0.15) is 5.75 Å². The Morgan fingerprint density at radius 1 is 1.57 bits per heavy atom. The van der Waals surface area contributed by atoms with E-state index >= 15 is 0 Å². The van der Waals surface area contributed by atoms with Crippen LogP contribution in [0.5, 0.6) is 5.88 Å². The van der Waals surface area contributed by atoms with Crippen molar-refractivity contribution in [1.29, 1.82) is 0 Å². The van der Waals surface area contributed by atoms with Gasteiger partial charge in [0.25, 0.3) is 0 Å². The van der Waals surface area contributed by atoms with Crippen molar-refractivity contribution < 1.29 is 17.0 Å². The lowest BCUT2D eigenvalue weighted by molar-refractivity contribution is 0.394. The second-order valence-corrected chi connectivity index (χ2v) is 4.22. The zero-order valence-electron chi connectivity index (χ0n) is 7.82. The van der Waals surface area contributed by atoms with Crippen LogP contribution in [0, 0.1) is 6.92 Å². The summed E-state index contributed by atoms with van der Waals surface area (Å²) < 4.78 is 37.9. The highest BCUT2D eigenvalue weighted by atomic mass is 32.3. The molecule has 0 saturated carbocycles. The van der Waals surface area contributed by atoms with E-state index in [1.165, 1.54) is 19.4 Å². The van der Waals surface area contributed by atoms with Crippen LogP contribution in [-0.2, 0) is 16.0 Å². The summed E-state index contributed by atoms with van der Waals surface area (Å²) in [5, 5.41) is 0. The Morgan fingerprint density at radius 2 is 2.21 bits per heavy atom. The fraction of sp³-hybridized carbons (Fsp3) is 0.375. The minimum absolute atomic E-state index is 0.311. The summed E-state index contributed by atoms with van der Waals surface area (Å²) in [6, 6.07) is 1.53. The van der Waals surface area contributed by atoms with Gasteiger partial charge >= 0.3 is 10.2 Å². The van der Waals surface area contributed by atoms with Gasteiger partial charge in [-0.3, -0.25) is 0 Å².